The summed E-state index contributed by atoms with van der Waals surface area (Å²) in [7, 11) is 4.11. The van der Waals surface area contributed by atoms with E-state index in [0.29, 0.717) is 11.0 Å². The number of alkyl halides is 3. The van der Waals surface area contributed by atoms with E-state index in [1.807, 2.05) is 4.90 Å². The number of likely N-dealkylation sites (tertiary alicyclic amines) is 1. The minimum Gasteiger partial charge on any atom is -0.344 e. The van der Waals surface area contributed by atoms with E-state index in [1.54, 1.807) is 18.4 Å². The van der Waals surface area contributed by atoms with Gasteiger partial charge >= 0.3 is 6.18 Å². The molecule has 1 aliphatic rings. The molecular weight excluding hydrogens is 363 g/mol. The molecule has 26 heavy (non-hydrogen) atoms. The predicted octanol–water partition coefficient (Wildman–Crippen LogP) is 3.92. The molecule has 2 aromatic rings. The average Bonchev–Trinajstić information content (AvgIpc) is 3.23. The molecule has 1 atom stereocenters. The number of amides is 1. The van der Waals surface area contributed by atoms with Crippen molar-refractivity contribution >= 4 is 17.7 Å². The Morgan fingerprint density at radius 1 is 1.31 bits per heavy atom. The van der Waals surface area contributed by atoms with Crippen molar-refractivity contribution in [3.8, 4) is 10.6 Å². The third-order valence-corrected chi connectivity index (χ3v) is 5.15. The van der Waals surface area contributed by atoms with E-state index in [1.165, 1.54) is 23.5 Å². The van der Waals surface area contributed by atoms with Crippen LogP contribution in [0.25, 0.3) is 10.6 Å². The van der Waals surface area contributed by atoms with Crippen molar-refractivity contribution in [2.24, 2.45) is 0 Å². The van der Waals surface area contributed by atoms with Gasteiger partial charge in [0.05, 0.1) is 5.56 Å². The first-order valence-electron chi connectivity index (χ1n) is 8.17. The third-order valence-electron chi connectivity index (χ3n) is 4.16. The summed E-state index contributed by atoms with van der Waals surface area (Å²) in [5.41, 5.74) is 0.245. The molecule has 0 N–H and O–H groups in total. The van der Waals surface area contributed by atoms with Gasteiger partial charge in [-0.05, 0) is 33.5 Å². The van der Waals surface area contributed by atoms with Crippen molar-refractivity contribution in [3.05, 3.63) is 40.9 Å². The number of carbonyl (C=O) groups excluding carboxylic acids is 1. The summed E-state index contributed by atoms with van der Waals surface area (Å²) in [6.45, 7) is 3.58. The summed E-state index contributed by atoms with van der Waals surface area (Å²) in [5.74, 6) is 0. The maximum Gasteiger partial charge on any atom is 0.417 e. The van der Waals surface area contributed by atoms with Crippen LogP contribution >= 0.6 is 11.3 Å². The largest absolute Gasteiger partial charge is 0.417 e. The molecule has 0 radical (unpaired) electrons. The van der Waals surface area contributed by atoms with E-state index in [9.17, 15) is 18.0 Å². The standard InChI is InChI=1S/C11H8F3NS.C7H14N2O/c1-7-6-16-10(15-7)8-4-2-3-5-9(8)11(12,13)14;1-8(2)7-3-4-9(5-7)6-10/h2-6H,1H3;6-7H,3-5H2,1-2H3. The van der Waals surface area contributed by atoms with Gasteiger partial charge in [-0.1, -0.05) is 18.2 Å². The summed E-state index contributed by atoms with van der Waals surface area (Å²) in [6.07, 6.45) is -2.29. The summed E-state index contributed by atoms with van der Waals surface area (Å²) in [6, 6.07) is 6.06. The van der Waals surface area contributed by atoms with Crippen LogP contribution < -0.4 is 0 Å². The molecule has 1 aromatic heterocycles. The van der Waals surface area contributed by atoms with Crippen LogP contribution in [0.2, 0.25) is 0 Å². The molecule has 8 heteroatoms. The van der Waals surface area contributed by atoms with Crippen molar-refractivity contribution in [3.63, 3.8) is 0 Å². The zero-order valence-corrected chi connectivity index (χ0v) is 15.8. The number of aromatic nitrogens is 1. The van der Waals surface area contributed by atoms with Crippen LogP contribution in [0.1, 0.15) is 17.7 Å². The maximum absolute atomic E-state index is 12.7. The quantitative estimate of drug-likeness (QED) is 0.752. The zero-order chi connectivity index (χ0) is 19.3. The van der Waals surface area contributed by atoms with E-state index in [0.717, 1.165) is 37.7 Å². The van der Waals surface area contributed by atoms with Crippen LogP contribution in [-0.4, -0.2) is 54.4 Å². The Labute approximate surface area is 155 Å². The number of thiazole rings is 1. The molecule has 1 fully saturated rings. The molecule has 3 rings (SSSR count). The number of rotatable bonds is 3. The highest BCUT2D eigenvalue weighted by Gasteiger charge is 2.33. The summed E-state index contributed by atoms with van der Waals surface area (Å²) in [4.78, 5) is 18.4. The van der Waals surface area contributed by atoms with Gasteiger partial charge in [-0.2, -0.15) is 13.2 Å². The van der Waals surface area contributed by atoms with Crippen molar-refractivity contribution in [2.75, 3.05) is 27.2 Å². The zero-order valence-electron chi connectivity index (χ0n) is 15.0. The molecule has 142 valence electrons. The second-order valence-corrected chi connectivity index (χ2v) is 7.20. The molecular formula is C18H22F3N3OS. The molecule has 1 aromatic carbocycles. The predicted molar refractivity (Wildman–Crippen MR) is 97.0 cm³/mol. The molecule has 2 heterocycles. The van der Waals surface area contributed by atoms with Crippen LogP contribution in [0.5, 0.6) is 0 Å². The molecule has 0 saturated carbocycles. The van der Waals surface area contributed by atoms with Gasteiger partial charge in [0.2, 0.25) is 6.41 Å². The normalized spacial score (nSPS) is 17.2. The lowest BCUT2D eigenvalue weighted by Crippen LogP contribution is -2.30. The molecule has 0 spiro atoms. The Morgan fingerprint density at radius 2 is 2.00 bits per heavy atom. The SMILES string of the molecule is CN(C)C1CCN(C=O)C1.Cc1csc(-c2ccccc2C(F)(F)F)n1. The Balaban J connectivity index is 0.000000209. The first-order valence-corrected chi connectivity index (χ1v) is 9.05. The van der Waals surface area contributed by atoms with Crippen molar-refractivity contribution < 1.29 is 18.0 Å². The van der Waals surface area contributed by atoms with Crippen LogP contribution in [0.15, 0.2) is 29.6 Å². The van der Waals surface area contributed by atoms with Crippen molar-refractivity contribution in [1.29, 1.82) is 0 Å². The molecule has 1 aliphatic heterocycles. The van der Waals surface area contributed by atoms with Gasteiger partial charge in [0.15, 0.2) is 0 Å². The lowest BCUT2D eigenvalue weighted by Gasteiger charge is -2.17. The van der Waals surface area contributed by atoms with Gasteiger partial charge in [0.25, 0.3) is 0 Å². The van der Waals surface area contributed by atoms with E-state index in [4.69, 9.17) is 0 Å². The number of aryl methyl sites for hydroxylation is 1. The molecule has 0 aliphatic carbocycles. The van der Waals surface area contributed by atoms with Gasteiger partial charge in [-0.15, -0.1) is 11.3 Å². The lowest BCUT2D eigenvalue weighted by atomic mass is 10.1. The number of benzene rings is 1. The van der Waals surface area contributed by atoms with Crippen molar-refractivity contribution in [1.82, 2.24) is 14.8 Å². The van der Waals surface area contributed by atoms with Gasteiger partial charge in [-0.3, -0.25) is 4.79 Å². The molecule has 1 saturated heterocycles. The van der Waals surface area contributed by atoms with Crippen LogP contribution in [-0.2, 0) is 11.0 Å². The highest BCUT2D eigenvalue weighted by Crippen LogP contribution is 2.37. The number of carbonyl (C=O) groups is 1. The minimum atomic E-state index is -4.34. The highest BCUT2D eigenvalue weighted by atomic mass is 32.1. The Bertz CT molecular complexity index is 730. The number of likely N-dealkylation sites (N-methyl/N-ethyl adjacent to an activating group) is 1. The number of nitrogens with zero attached hydrogens (tertiary/aromatic N) is 3. The number of halogens is 3. The Kier molecular flexibility index (Phi) is 6.77. The van der Waals surface area contributed by atoms with Crippen LogP contribution in [0.3, 0.4) is 0 Å². The van der Waals surface area contributed by atoms with Gasteiger partial charge < -0.3 is 9.80 Å². The first-order chi connectivity index (χ1) is 12.2. The third kappa shape index (κ3) is 5.28. The van der Waals surface area contributed by atoms with E-state index < -0.39 is 11.7 Å². The number of hydrogen-bond acceptors (Lipinski definition) is 4. The number of hydrogen-bond donors (Lipinski definition) is 0. The fourth-order valence-corrected chi connectivity index (χ4v) is 3.52. The fourth-order valence-electron chi connectivity index (χ4n) is 2.68. The second-order valence-electron chi connectivity index (χ2n) is 6.34. The topological polar surface area (TPSA) is 36.4 Å². The molecule has 0 bridgehead atoms. The van der Waals surface area contributed by atoms with Crippen molar-refractivity contribution in [2.45, 2.75) is 25.6 Å². The highest BCUT2D eigenvalue weighted by molar-refractivity contribution is 7.13. The Morgan fingerprint density at radius 3 is 2.46 bits per heavy atom. The van der Waals surface area contributed by atoms with Gasteiger partial charge in [-0.25, -0.2) is 4.98 Å². The molecule has 1 unspecified atom stereocenters. The van der Waals surface area contributed by atoms with E-state index >= 15 is 0 Å². The summed E-state index contributed by atoms with van der Waals surface area (Å²) in [5, 5.41) is 2.15. The maximum atomic E-state index is 12.7. The van der Waals surface area contributed by atoms with Crippen LogP contribution in [0.4, 0.5) is 13.2 Å². The summed E-state index contributed by atoms with van der Waals surface area (Å²) < 4.78 is 38.2. The minimum absolute atomic E-state index is 0.146. The fraction of sp³-hybridized carbons (Fsp3) is 0.444. The Hall–Kier alpha value is -1.93. The molecule has 1 amide bonds. The van der Waals surface area contributed by atoms with E-state index in [2.05, 4.69) is 24.0 Å². The summed E-state index contributed by atoms with van der Waals surface area (Å²) >= 11 is 1.22. The second kappa shape index (κ2) is 8.64. The first kappa shape index (κ1) is 20.4. The van der Waals surface area contributed by atoms with Gasteiger partial charge in [0, 0.05) is 35.8 Å². The van der Waals surface area contributed by atoms with Gasteiger partial charge in [0.1, 0.15) is 5.01 Å². The molecule has 4 nitrogen and oxygen atoms in total. The van der Waals surface area contributed by atoms with E-state index in [-0.39, 0.29) is 5.56 Å². The lowest BCUT2D eigenvalue weighted by molar-refractivity contribution is -0.137. The van der Waals surface area contributed by atoms with Crippen LogP contribution in [0, 0.1) is 6.92 Å². The average molecular weight is 385 g/mol. The smallest absolute Gasteiger partial charge is 0.344 e. The monoisotopic (exact) mass is 385 g/mol.